The number of nitrogens with zero attached hydrogens (tertiary/aromatic N) is 2. The summed E-state index contributed by atoms with van der Waals surface area (Å²) in [4.78, 5) is 6.60. The average molecular weight is 179 g/mol. The molecule has 72 valence electrons. The fourth-order valence-corrected chi connectivity index (χ4v) is 1.41. The fraction of sp³-hybridized carbons (Fsp3) is 0.500. The van der Waals surface area contributed by atoms with Gasteiger partial charge in [0.05, 0.1) is 5.70 Å². The van der Waals surface area contributed by atoms with Crippen LogP contribution in [0.25, 0.3) is 0 Å². The van der Waals surface area contributed by atoms with Gasteiger partial charge >= 0.3 is 0 Å². The topological polar surface area (TPSA) is 27.6 Å². The monoisotopic (exact) mass is 179 g/mol. The van der Waals surface area contributed by atoms with Gasteiger partial charge in [0.1, 0.15) is 0 Å². The maximum absolute atomic E-state index is 4.34. The molecule has 1 aliphatic rings. The molecule has 0 radical (unpaired) electrons. The van der Waals surface area contributed by atoms with E-state index in [1.54, 1.807) is 12.3 Å². The second kappa shape index (κ2) is 4.82. The lowest BCUT2D eigenvalue weighted by Gasteiger charge is -2.25. The largest absolute Gasteiger partial charge is 0.390 e. The summed E-state index contributed by atoms with van der Waals surface area (Å²) in [6, 6.07) is 0. The standard InChI is InChI=1S/C10H17N3/c1-4-6-12-10-8-13(3)7-5-9(10)11-2/h4,6,11H,1,5,7-8H2,2-3H3. The van der Waals surface area contributed by atoms with Gasteiger partial charge < -0.3 is 10.2 Å². The summed E-state index contributed by atoms with van der Waals surface area (Å²) >= 11 is 0. The van der Waals surface area contributed by atoms with Crippen molar-refractivity contribution in [3.05, 3.63) is 24.0 Å². The van der Waals surface area contributed by atoms with Crippen LogP contribution in [0, 0.1) is 0 Å². The molecule has 0 bridgehead atoms. The van der Waals surface area contributed by atoms with E-state index >= 15 is 0 Å². The van der Waals surface area contributed by atoms with E-state index in [9.17, 15) is 0 Å². The molecule has 1 rings (SSSR count). The number of aliphatic imine (C=N–C) groups is 1. The van der Waals surface area contributed by atoms with Crippen molar-refractivity contribution in [3.8, 4) is 0 Å². The number of rotatable bonds is 3. The van der Waals surface area contributed by atoms with Crippen molar-refractivity contribution in [3.63, 3.8) is 0 Å². The van der Waals surface area contributed by atoms with Crippen molar-refractivity contribution in [1.82, 2.24) is 10.2 Å². The zero-order valence-electron chi connectivity index (χ0n) is 8.38. The zero-order valence-corrected chi connectivity index (χ0v) is 8.38. The molecule has 0 aromatic rings. The highest BCUT2D eigenvalue weighted by Crippen LogP contribution is 2.14. The number of hydrogen-bond acceptors (Lipinski definition) is 3. The average Bonchev–Trinajstić information content (AvgIpc) is 2.15. The minimum Gasteiger partial charge on any atom is -0.390 e. The van der Waals surface area contributed by atoms with Crippen LogP contribution in [-0.2, 0) is 0 Å². The lowest BCUT2D eigenvalue weighted by molar-refractivity contribution is 0.341. The van der Waals surface area contributed by atoms with Gasteiger partial charge in [0, 0.05) is 38.5 Å². The van der Waals surface area contributed by atoms with Gasteiger partial charge in [0.15, 0.2) is 0 Å². The van der Waals surface area contributed by atoms with Gasteiger partial charge in [-0.15, -0.1) is 0 Å². The van der Waals surface area contributed by atoms with Gasteiger partial charge in [-0.2, -0.15) is 0 Å². The van der Waals surface area contributed by atoms with Crippen LogP contribution < -0.4 is 5.32 Å². The van der Waals surface area contributed by atoms with Crippen LogP contribution in [0.15, 0.2) is 29.0 Å². The number of nitrogens with one attached hydrogen (secondary N) is 1. The molecule has 1 heterocycles. The van der Waals surface area contributed by atoms with Gasteiger partial charge in [0.25, 0.3) is 0 Å². The van der Waals surface area contributed by atoms with Crippen LogP contribution in [0.4, 0.5) is 0 Å². The fourth-order valence-electron chi connectivity index (χ4n) is 1.41. The van der Waals surface area contributed by atoms with Crippen molar-refractivity contribution in [2.24, 2.45) is 4.99 Å². The molecule has 0 atom stereocenters. The summed E-state index contributed by atoms with van der Waals surface area (Å²) < 4.78 is 0. The Morgan fingerprint density at radius 3 is 3.00 bits per heavy atom. The summed E-state index contributed by atoms with van der Waals surface area (Å²) in [5, 5.41) is 3.19. The Hall–Kier alpha value is -1.09. The predicted molar refractivity (Wildman–Crippen MR) is 56.9 cm³/mol. The molecule has 0 saturated carbocycles. The lowest BCUT2D eigenvalue weighted by atomic mass is 10.1. The van der Waals surface area contributed by atoms with E-state index in [-0.39, 0.29) is 0 Å². The van der Waals surface area contributed by atoms with Crippen LogP contribution in [0.5, 0.6) is 0 Å². The van der Waals surface area contributed by atoms with E-state index in [4.69, 9.17) is 0 Å². The predicted octanol–water partition coefficient (Wildman–Crippen LogP) is 1.01. The highest BCUT2D eigenvalue weighted by atomic mass is 15.1. The second-order valence-corrected chi connectivity index (χ2v) is 3.18. The molecule has 0 aromatic carbocycles. The van der Waals surface area contributed by atoms with Crippen molar-refractivity contribution in [1.29, 1.82) is 0 Å². The van der Waals surface area contributed by atoms with Gasteiger partial charge in [-0.25, -0.2) is 0 Å². The quantitative estimate of drug-likeness (QED) is 0.655. The van der Waals surface area contributed by atoms with Crippen LogP contribution >= 0.6 is 0 Å². The summed E-state index contributed by atoms with van der Waals surface area (Å²) in [6.07, 6.45) is 4.50. The van der Waals surface area contributed by atoms with Crippen molar-refractivity contribution < 1.29 is 0 Å². The molecule has 0 unspecified atom stereocenters. The van der Waals surface area contributed by atoms with E-state index in [0.29, 0.717) is 0 Å². The van der Waals surface area contributed by atoms with Crippen LogP contribution in [0.3, 0.4) is 0 Å². The van der Waals surface area contributed by atoms with E-state index < -0.39 is 0 Å². The van der Waals surface area contributed by atoms with Gasteiger partial charge in [-0.3, -0.25) is 4.99 Å². The third-order valence-electron chi connectivity index (χ3n) is 2.15. The first-order chi connectivity index (χ1) is 6.27. The normalized spacial score (nSPS) is 19.5. The SMILES string of the molecule is C=CC=NC1=C(NC)CCN(C)C1. The van der Waals surface area contributed by atoms with Gasteiger partial charge in [0.2, 0.25) is 0 Å². The minimum absolute atomic E-state index is 0.917. The number of likely N-dealkylation sites (N-methyl/N-ethyl adjacent to an activating group) is 1. The minimum atomic E-state index is 0.917. The maximum Gasteiger partial charge on any atom is 0.0732 e. The molecule has 13 heavy (non-hydrogen) atoms. The third kappa shape index (κ3) is 2.70. The summed E-state index contributed by atoms with van der Waals surface area (Å²) in [7, 11) is 4.06. The molecule has 0 spiro atoms. The Bertz CT molecular complexity index is 241. The first kappa shape index (κ1) is 9.99. The molecule has 0 aliphatic carbocycles. The molecule has 0 amide bonds. The molecular formula is C10H17N3. The number of allylic oxidation sites excluding steroid dienone is 1. The first-order valence-corrected chi connectivity index (χ1v) is 4.51. The Morgan fingerprint density at radius 1 is 1.62 bits per heavy atom. The second-order valence-electron chi connectivity index (χ2n) is 3.18. The molecular weight excluding hydrogens is 162 g/mol. The van der Waals surface area contributed by atoms with Crippen molar-refractivity contribution in [2.45, 2.75) is 6.42 Å². The Kier molecular flexibility index (Phi) is 3.71. The molecule has 3 nitrogen and oxygen atoms in total. The zero-order chi connectivity index (χ0) is 9.68. The van der Waals surface area contributed by atoms with Crippen LogP contribution in [0.2, 0.25) is 0 Å². The van der Waals surface area contributed by atoms with E-state index in [2.05, 4.69) is 28.8 Å². The van der Waals surface area contributed by atoms with Crippen molar-refractivity contribution >= 4 is 6.21 Å². The Labute approximate surface area is 79.8 Å². The van der Waals surface area contributed by atoms with Crippen LogP contribution in [0.1, 0.15) is 6.42 Å². The molecule has 0 fully saturated rings. The third-order valence-corrected chi connectivity index (χ3v) is 2.15. The van der Waals surface area contributed by atoms with E-state index in [0.717, 1.165) is 25.2 Å². The lowest BCUT2D eigenvalue weighted by Crippen LogP contribution is -2.30. The van der Waals surface area contributed by atoms with Crippen LogP contribution in [-0.4, -0.2) is 38.3 Å². The summed E-state index contributed by atoms with van der Waals surface area (Å²) in [6.45, 7) is 5.63. The van der Waals surface area contributed by atoms with Crippen molar-refractivity contribution in [2.75, 3.05) is 27.2 Å². The Balaban J connectivity index is 2.77. The summed E-state index contributed by atoms with van der Waals surface area (Å²) in [5.74, 6) is 0. The summed E-state index contributed by atoms with van der Waals surface area (Å²) in [5.41, 5.74) is 2.37. The Morgan fingerprint density at radius 2 is 2.38 bits per heavy atom. The van der Waals surface area contributed by atoms with Gasteiger partial charge in [-0.05, 0) is 7.05 Å². The number of hydrogen-bond donors (Lipinski definition) is 1. The van der Waals surface area contributed by atoms with Gasteiger partial charge in [-0.1, -0.05) is 12.7 Å². The molecule has 1 aliphatic heterocycles. The maximum atomic E-state index is 4.34. The van der Waals surface area contributed by atoms with E-state index in [1.165, 1.54) is 5.70 Å². The smallest absolute Gasteiger partial charge is 0.0732 e. The highest BCUT2D eigenvalue weighted by Gasteiger charge is 2.13. The van der Waals surface area contributed by atoms with E-state index in [1.807, 2.05) is 7.05 Å². The first-order valence-electron chi connectivity index (χ1n) is 4.51. The molecule has 0 saturated heterocycles. The molecule has 3 heteroatoms. The molecule has 1 N–H and O–H groups in total. The highest BCUT2D eigenvalue weighted by molar-refractivity contribution is 5.71. The molecule has 0 aromatic heterocycles.